The van der Waals surface area contributed by atoms with E-state index in [1.54, 1.807) is 11.1 Å². The number of allylic oxidation sites excluding steroid dienone is 3. The van der Waals surface area contributed by atoms with Crippen LogP contribution < -0.4 is 0 Å². The van der Waals surface area contributed by atoms with E-state index in [9.17, 15) is 5.11 Å². The third-order valence-electron chi connectivity index (χ3n) is 8.93. The molecule has 0 saturated heterocycles. The molecule has 4 aliphatic carbocycles. The normalized spacial score (nSPS) is 46.0. The van der Waals surface area contributed by atoms with Gasteiger partial charge in [-0.25, -0.2) is 0 Å². The molecule has 144 valence electrons. The van der Waals surface area contributed by atoms with Crippen molar-refractivity contribution in [3.8, 4) is 0 Å². The van der Waals surface area contributed by atoms with E-state index in [1.807, 2.05) is 13.1 Å². The van der Waals surface area contributed by atoms with Gasteiger partial charge in [0.05, 0.1) is 5.60 Å². The molecule has 3 unspecified atom stereocenters. The van der Waals surface area contributed by atoms with E-state index < -0.39 is 5.60 Å². The van der Waals surface area contributed by atoms with Gasteiger partial charge in [-0.15, -0.1) is 0 Å². The number of rotatable bonds is 1. The zero-order valence-electron chi connectivity index (χ0n) is 17.0. The van der Waals surface area contributed by atoms with Gasteiger partial charge in [-0.1, -0.05) is 37.6 Å². The van der Waals surface area contributed by atoms with E-state index in [2.05, 4.69) is 49.3 Å². The molecule has 0 bridgehead atoms. The van der Waals surface area contributed by atoms with Gasteiger partial charge < -0.3 is 5.11 Å². The van der Waals surface area contributed by atoms with Crippen molar-refractivity contribution < 1.29 is 5.11 Å². The Bertz CT molecular complexity index is 807. The third-order valence-corrected chi connectivity index (χ3v) is 8.93. The second-order valence-corrected chi connectivity index (χ2v) is 10.5. The average molecular weight is 364 g/mol. The Labute approximate surface area is 163 Å². The van der Waals surface area contributed by atoms with Gasteiger partial charge >= 0.3 is 0 Å². The molecule has 27 heavy (non-hydrogen) atoms. The fraction of sp³-hybridized carbons (Fsp3) is 0.640. The molecule has 2 fully saturated rings. The van der Waals surface area contributed by atoms with Gasteiger partial charge in [0.2, 0.25) is 0 Å². The maximum atomic E-state index is 10.6. The maximum absolute atomic E-state index is 10.6. The fourth-order valence-electron chi connectivity index (χ4n) is 7.34. The molecule has 0 spiro atoms. The number of hydrogen-bond donors (Lipinski definition) is 1. The van der Waals surface area contributed by atoms with Crippen molar-refractivity contribution in [2.75, 3.05) is 0 Å². The van der Waals surface area contributed by atoms with E-state index in [1.165, 1.54) is 31.2 Å². The molecule has 1 heterocycles. The van der Waals surface area contributed by atoms with Crippen LogP contribution in [0.5, 0.6) is 0 Å². The Kier molecular flexibility index (Phi) is 3.79. The first kappa shape index (κ1) is 17.7. The molecule has 2 saturated carbocycles. The molecule has 2 nitrogen and oxygen atoms in total. The Hall–Kier alpha value is -1.41. The molecule has 4 aliphatic rings. The Morgan fingerprint density at radius 1 is 1.00 bits per heavy atom. The van der Waals surface area contributed by atoms with E-state index in [-0.39, 0.29) is 0 Å². The Morgan fingerprint density at radius 2 is 1.85 bits per heavy atom. The largest absolute Gasteiger partial charge is 0.390 e. The molecule has 5 rings (SSSR count). The number of pyridine rings is 1. The van der Waals surface area contributed by atoms with Gasteiger partial charge in [0, 0.05) is 12.4 Å². The van der Waals surface area contributed by atoms with Crippen molar-refractivity contribution >= 4 is 5.57 Å². The quantitative estimate of drug-likeness (QED) is 0.641. The van der Waals surface area contributed by atoms with Crippen molar-refractivity contribution in [1.82, 2.24) is 4.98 Å². The summed E-state index contributed by atoms with van der Waals surface area (Å²) in [5.74, 6) is 2.32. The van der Waals surface area contributed by atoms with E-state index >= 15 is 0 Å². The number of aliphatic hydroxyl groups is 1. The molecule has 0 radical (unpaired) electrons. The first-order valence-electron chi connectivity index (χ1n) is 10.9. The van der Waals surface area contributed by atoms with Crippen LogP contribution in [0.3, 0.4) is 0 Å². The molecular formula is C25H33NO. The summed E-state index contributed by atoms with van der Waals surface area (Å²) in [6.45, 7) is 7.06. The van der Waals surface area contributed by atoms with Gasteiger partial charge in [-0.05, 0) is 97.7 Å². The average Bonchev–Trinajstić information content (AvgIpc) is 3.00. The van der Waals surface area contributed by atoms with E-state index in [4.69, 9.17) is 0 Å². The van der Waals surface area contributed by atoms with Crippen LogP contribution in [0.2, 0.25) is 0 Å². The van der Waals surface area contributed by atoms with Crippen LogP contribution in [0.15, 0.2) is 42.3 Å². The molecule has 1 N–H and O–H groups in total. The van der Waals surface area contributed by atoms with Crippen LogP contribution in [0.25, 0.3) is 5.57 Å². The predicted molar refractivity (Wildman–Crippen MR) is 110 cm³/mol. The Morgan fingerprint density at radius 3 is 2.63 bits per heavy atom. The smallest absolute Gasteiger partial charge is 0.0657 e. The molecule has 2 heteroatoms. The van der Waals surface area contributed by atoms with E-state index in [0.717, 1.165) is 37.0 Å². The minimum atomic E-state index is -0.496. The van der Waals surface area contributed by atoms with Crippen LogP contribution in [0.4, 0.5) is 0 Å². The third kappa shape index (κ3) is 2.52. The lowest BCUT2D eigenvalue weighted by atomic mass is 9.46. The molecular weight excluding hydrogens is 330 g/mol. The van der Waals surface area contributed by atoms with Crippen molar-refractivity contribution in [1.29, 1.82) is 0 Å². The van der Waals surface area contributed by atoms with E-state index in [0.29, 0.717) is 10.8 Å². The van der Waals surface area contributed by atoms with Gasteiger partial charge in [-0.2, -0.15) is 0 Å². The summed E-state index contributed by atoms with van der Waals surface area (Å²) in [6.07, 6.45) is 17.0. The fourth-order valence-corrected chi connectivity index (χ4v) is 7.34. The van der Waals surface area contributed by atoms with Gasteiger partial charge in [0.25, 0.3) is 0 Å². The minimum absolute atomic E-state index is 0.298. The highest BCUT2D eigenvalue weighted by atomic mass is 16.3. The highest BCUT2D eigenvalue weighted by Gasteiger charge is 2.57. The van der Waals surface area contributed by atoms with Crippen molar-refractivity contribution in [3.05, 3.63) is 47.8 Å². The minimum Gasteiger partial charge on any atom is -0.390 e. The first-order valence-corrected chi connectivity index (χ1v) is 10.9. The molecule has 6 atom stereocenters. The molecule has 0 amide bonds. The lowest BCUT2D eigenvalue weighted by Crippen LogP contribution is -2.51. The van der Waals surface area contributed by atoms with Crippen molar-refractivity contribution in [2.24, 2.45) is 28.6 Å². The lowest BCUT2D eigenvalue weighted by molar-refractivity contribution is -0.0486. The highest BCUT2D eigenvalue weighted by Crippen LogP contribution is 2.66. The lowest BCUT2D eigenvalue weighted by Gasteiger charge is -2.58. The van der Waals surface area contributed by atoms with Crippen molar-refractivity contribution in [3.63, 3.8) is 0 Å². The SMILES string of the molecule is C[C@]1(O)CC[C@@]2(C)C(=CCC3C2CC[C@]2(C)C(c4cccnc4)=CCC32)C1. The van der Waals surface area contributed by atoms with Crippen molar-refractivity contribution in [2.45, 2.75) is 71.3 Å². The summed E-state index contributed by atoms with van der Waals surface area (Å²) >= 11 is 0. The van der Waals surface area contributed by atoms with Gasteiger partial charge in [0.1, 0.15) is 0 Å². The second kappa shape index (κ2) is 5.80. The van der Waals surface area contributed by atoms with Crippen LogP contribution >= 0.6 is 0 Å². The molecule has 0 aliphatic heterocycles. The standard InChI is InChI=1S/C25H33NO/c1-23(27)12-13-24(2)18(15-23)6-7-19-21-9-8-20(17-5-4-14-26-16-17)25(21,3)11-10-22(19)24/h4-6,8,14,16,19,21-22,27H,7,9-13,15H2,1-3H3/t19?,21?,22?,23-,24-,25+/m0/s1. The summed E-state index contributed by atoms with van der Waals surface area (Å²) in [4.78, 5) is 4.38. The zero-order valence-corrected chi connectivity index (χ0v) is 17.0. The molecule has 0 aromatic carbocycles. The number of nitrogens with zero attached hydrogens (tertiary/aromatic N) is 1. The van der Waals surface area contributed by atoms with Gasteiger partial charge in [-0.3, -0.25) is 4.98 Å². The van der Waals surface area contributed by atoms with Gasteiger partial charge in [0.15, 0.2) is 0 Å². The number of fused-ring (bicyclic) bond motifs is 5. The zero-order chi connectivity index (χ0) is 18.9. The van der Waals surface area contributed by atoms with Crippen LogP contribution in [-0.4, -0.2) is 15.7 Å². The number of aromatic nitrogens is 1. The summed E-state index contributed by atoms with van der Waals surface area (Å²) in [7, 11) is 0. The highest BCUT2D eigenvalue weighted by molar-refractivity contribution is 5.72. The summed E-state index contributed by atoms with van der Waals surface area (Å²) in [5, 5.41) is 10.6. The second-order valence-electron chi connectivity index (χ2n) is 10.5. The monoisotopic (exact) mass is 363 g/mol. The summed E-state index contributed by atoms with van der Waals surface area (Å²) in [6, 6.07) is 4.31. The summed E-state index contributed by atoms with van der Waals surface area (Å²) < 4.78 is 0. The number of hydrogen-bond acceptors (Lipinski definition) is 2. The van der Waals surface area contributed by atoms with Crippen LogP contribution in [0, 0.1) is 28.6 Å². The predicted octanol–water partition coefficient (Wildman–Crippen LogP) is 5.79. The first-order chi connectivity index (χ1) is 12.8. The molecule has 1 aromatic rings. The maximum Gasteiger partial charge on any atom is 0.0657 e. The topological polar surface area (TPSA) is 33.1 Å². The molecule has 1 aromatic heterocycles. The van der Waals surface area contributed by atoms with Crippen LogP contribution in [0.1, 0.15) is 71.3 Å². The van der Waals surface area contributed by atoms with Crippen LogP contribution in [-0.2, 0) is 0 Å². The Balaban J connectivity index is 1.47. The summed E-state index contributed by atoms with van der Waals surface area (Å²) in [5.41, 5.74) is 4.54.